The topological polar surface area (TPSA) is 61.5 Å². The first-order valence-corrected chi connectivity index (χ1v) is 7.31. The first kappa shape index (κ1) is 14.2. The maximum Gasteiger partial charge on any atom is 0.315 e. The second-order valence-electron chi connectivity index (χ2n) is 4.55. The van der Waals surface area contributed by atoms with Crippen LogP contribution in [0.25, 0.3) is 0 Å². The average Bonchev–Trinajstić information content (AvgIpc) is 2.45. The highest BCUT2D eigenvalue weighted by Gasteiger charge is 2.27. The van der Waals surface area contributed by atoms with Gasteiger partial charge in [-0.25, -0.2) is 0 Å². The molecule has 0 amide bonds. The lowest BCUT2D eigenvalue weighted by Crippen LogP contribution is -2.30. The number of methoxy groups -OCH3 is 2. The fraction of sp³-hybridized carbons (Fsp3) is 0.500. The van der Waals surface area contributed by atoms with Crippen LogP contribution in [0.5, 0.6) is 5.75 Å². The zero-order valence-corrected chi connectivity index (χ0v) is 12.0. The van der Waals surface area contributed by atoms with Crippen molar-refractivity contribution >= 4 is 17.7 Å². The number of rotatable bonds is 4. The molecule has 2 unspecified atom stereocenters. The molecule has 1 aliphatic rings. The summed E-state index contributed by atoms with van der Waals surface area (Å²) in [5.41, 5.74) is 8.71. The van der Waals surface area contributed by atoms with Gasteiger partial charge in [0.2, 0.25) is 0 Å². The van der Waals surface area contributed by atoms with Gasteiger partial charge < -0.3 is 15.2 Å². The van der Waals surface area contributed by atoms with Gasteiger partial charge in [0.1, 0.15) is 5.75 Å². The van der Waals surface area contributed by atoms with E-state index in [1.165, 1.54) is 12.7 Å². The molecule has 0 saturated carbocycles. The van der Waals surface area contributed by atoms with Gasteiger partial charge in [-0.3, -0.25) is 4.79 Å². The number of esters is 1. The van der Waals surface area contributed by atoms with Crippen molar-refractivity contribution in [2.75, 3.05) is 20.0 Å². The van der Waals surface area contributed by atoms with Crippen molar-refractivity contribution in [3.05, 3.63) is 29.3 Å². The Kier molecular flexibility index (Phi) is 4.71. The Bertz CT molecular complexity index is 464. The number of carbonyl (C=O) groups is 1. The monoisotopic (exact) mass is 281 g/mol. The van der Waals surface area contributed by atoms with Gasteiger partial charge in [0, 0.05) is 11.3 Å². The van der Waals surface area contributed by atoms with Crippen LogP contribution in [0.2, 0.25) is 0 Å². The molecule has 0 saturated heterocycles. The summed E-state index contributed by atoms with van der Waals surface area (Å²) in [6.07, 6.45) is 1.95. The Morgan fingerprint density at radius 1 is 1.47 bits per heavy atom. The normalized spacial score (nSPS) is 21.6. The summed E-state index contributed by atoms with van der Waals surface area (Å²) in [6, 6.07) is 5.98. The molecular formula is C14H19NO3S. The average molecular weight is 281 g/mol. The lowest BCUT2D eigenvalue weighted by molar-refractivity contribution is -0.137. The first-order chi connectivity index (χ1) is 9.15. The minimum atomic E-state index is -0.197. The van der Waals surface area contributed by atoms with E-state index in [0.29, 0.717) is 5.75 Å². The van der Waals surface area contributed by atoms with Crippen LogP contribution in [0.15, 0.2) is 18.2 Å². The SMILES string of the molecule is COC(=O)CSC1CCc2cc(OC)ccc2C1N. The summed E-state index contributed by atoms with van der Waals surface area (Å²) in [5, 5.41) is 0.264. The van der Waals surface area contributed by atoms with Gasteiger partial charge in [0.15, 0.2) is 0 Å². The fourth-order valence-corrected chi connectivity index (χ4v) is 3.46. The predicted octanol–water partition coefficient (Wildman–Crippen LogP) is 1.92. The van der Waals surface area contributed by atoms with Crippen LogP contribution < -0.4 is 10.5 Å². The van der Waals surface area contributed by atoms with Crippen molar-refractivity contribution in [1.82, 2.24) is 0 Å². The highest BCUT2D eigenvalue weighted by molar-refractivity contribution is 8.00. The molecule has 2 N–H and O–H groups in total. The van der Waals surface area contributed by atoms with Crippen molar-refractivity contribution in [2.24, 2.45) is 5.73 Å². The highest BCUT2D eigenvalue weighted by atomic mass is 32.2. The molecule has 1 aliphatic carbocycles. The van der Waals surface area contributed by atoms with E-state index in [1.54, 1.807) is 18.9 Å². The summed E-state index contributed by atoms with van der Waals surface area (Å²) in [4.78, 5) is 11.2. The first-order valence-electron chi connectivity index (χ1n) is 6.26. The minimum absolute atomic E-state index is 0.0377. The van der Waals surface area contributed by atoms with Crippen LogP contribution in [0, 0.1) is 0 Å². The van der Waals surface area contributed by atoms with Gasteiger partial charge in [0.05, 0.1) is 20.0 Å². The highest BCUT2D eigenvalue weighted by Crippen LogP contribution is 2.36. The third kappa shape index (κ3) is 3.22. The molecule has 2 rings (SSSR count). The zero-order valence-electron chi connectivity index (χ0n) is 11.2. The van der Waals surface area contributed by atoms with E-state index in [2.05, 4.69) is 10.8 Å². The molecule has 0 aromatic heterocycles. The predicted molar refractivity (Wildman–Crippen MR) is 76.5 cm³/mol. The van der Waals surface area contributed by atoms with Crippen molar-refractivity contribution in [3.8, 4) is 5.75 Å². The largest absolute Gasteiger partial charge is 0.497 e. The summed E-state index contributed by atoms with van der Waals surface area (Å²) in [5.74, 6) is 1.03. The third-order valence-electron chi connectivity index (χ3n) is 3.45. The van der Waals surface area contributed by atoms with E-state index in [1.807, 2.05) is 12.1 Å². The number of nitrogens with two attached hydrogens (primary N) is 1. The number of fused-ring (bicyclic) bond motifs is 1. The number of thioether (sulfide) groups is 1. The van der Waals surface area contributed by atoms with Crippen LogP contribution in [0.4, 0.5) is 0 Å². The fourth-order valence-electron chi connectivity index (χ4n) is 2.35. The van der Waals surface area contributed by atoms with Crippen molar-refractivity contribution in [2.45, 2.75) is 24.1 Å². The van der Waals surface area contributed by atoms with Gasteiger partial charge in [-0.2, -0.15) is 0 Å². The molecule has 0 radical (unpaired) electrons. The standard InChI is InChI=1S/C14H19NO3S/c1-17-10-4-5-11-9(7-10)3-6-12(14(11)15)19-8-13(16)18-2/h4-5,7,12,14H,3,6,8,15H2,1-2H3. The number of hydrogen-bond donors (Lipinski definition) is 1. The van der Waals surface area contributed by atoms with E-state index in [9.17, 15) is 4.79 Å². The van der Waals surface area contributed by atoms with E-state index < -0.39 is 0 Å². The molecule has 0 spiro atoms. The zero-order chi connectivity index (χ0) is 13.8. The quantitative estimate of drug-likeness (QED) is 0.854. The van der Waals surface area contributed by atoms with Crippen LogP contribution >= 0.6 is 11.8 Å². The van der Waals surface area contributed by atoms with E-state index in [0.717, 1.165) is 24.2 Å². The number of benzene rings is 1. The lowest BCUT2D eigenvalue weighted by atomic mass is 9.87. The molecular weight excluding hydrogens is 262 g/mol. The Morgan fingerprint density at radius 3 is 2.95 bits per heavy atom. The van der Waals surface area contributed by atoms with Crippen LogP contribution in [-0.2, 0) is 16.0 Å². The maximum absolute atomic E-state index is 11.2. The van der Waals surface area contributed by atoms with Gasteiger partial charge in [0.25, 0.3) is 0 Å². The van der Waals surface area contributed by atoms with Crippen molar-refractivity contribution < 1.29 is 14.3 Å². The van der Waals surface area contributed by atoms with Gasteiger partial charge in [-0.1, -0.05) is 6.07 Å². The Hall–Kier alpha value is -1.20. The van der Waals surface area contributed by atoms with E-state index >= 15 is 0 Å². The van der Waals surface area contributed by atoms with E-state index in [-0.39, 0.29) is 17.3 Å². The molecule has 0 fully saturated rings. The van der Waals surface area contributed by atoms with Crippen molar-refractivity contribution in [3.63, 3.8) is 0 Å². The Balaban J connectivity index is 2.07. The second-order valence-corrected chi connectivity index (χ2v) is 5.78. The second kappa shape index (κ2) is 6.30. The molecule has 19 heavy (non-hydrogen) atoms. The summed E-state index contributed by atoms with van der Waals surface area (Å²) in [6.45, 7) is 0. The molecule has 0 bridgehead atoms. The van der Waals surface area contributed by atoms with Crippen LogP contribution in [0.1, 0.15) is 23.6 Å². The molecule has 0 heterocycles. The molecule has 1 aromatic carbocycles. The number of ether oxygens (including phenoxy) is 2. The summed E-state index contributed by atoms with van der Waals surface area (Å²) < 4.78 is 9.89. The number of aryl methyl sites for hydroxylation is 1. The maximum atomic E-state index is 11.2. The third-order valence-corrected chi connectivity index (χ3v) is 4.81. The summed E-state index contributed by atoms with van der Waals surface area (Å²) in [7, 11) is 3.07. The van der Waals surface area contributed by atoms with Crippen LogP contribution in [-0.4, -0.2) is 31.2 Å². The van der Waals surface area contributed by atoms with Gasteiger partial charge >= 0.3 is 5.97 Å². The van der Waals surface area contributed by atoms with Gasteiger partial charge in [-0.05, 0) is 36.1 Å². The molecule has 4 nitrogen and oxygen atoms in total. The van der Waals surface area contributed by atoms with Gasteiger partial charge in [-0.15, -0.1) is 11.8 Å². The minimum Gasteiger partial charge on any atom is -0.497 e. The Morgan fingerprint density at radius 2 is 2.26 bits per heavy atom. The lowest BCUT2D eigenvalue weighted by Gasteiger charge is -2.30. The molecule has 104 valence electrons. The molecule has 0 aliphatic heterocycles. The van der Waals surface area contributed by atoms with Crippen LogP contribution in [0.3, 0.4) is 0 Å². The number of carbonyl (C=O) groups excluding carboxylic acids is 1. The van der Waals surface area contributed by atoms with Crippen molar-refractivity contribution in [1.29, 1.82) is 0 Å². The number of hydrogen-bond acceptors (Lipinski definition) is 5. The van der Waals surface area contributed by atoms with E-state index in [4.69, 9.17) is 10.5 Å². The molecule has 2 atom stereocenters. The molecule has 1 aromatic rings. The smallest absolute Gasteiger partial charge is 0.315 e. The summed E-state index contributed by atoms with van der Waals surface area (Å²) >= 11 is 1.58. The molecule has 5 heteroatoms. The Labute approximate surface area is 117 Å².